The maximum absolute atomic E-state index is 11.0. The standard InChI is InChI=1S/C9H16ClNO2/c1-2-3-4-7-13-9(12)8(10)5-6-11/h5H,2-4,6-7,11H2,1H3. The molecule has 2 N–H and O–H groups in total. The summed E-state index contributed by atoms with van der Waals surface area (Å²) in [5.41, 5.74) is 5.17. The van der Waals surface area contributed by atoms with Crippen LogP contribution in [0.3, 0.4) is 0 Å². The van der Waals surface area contributed by atoms with Gasteiger partial charge in [0.2, 0.25) is 0 Å². The van der Waals surface area contributed by atoms with Gasteiger partial charge in [-0.1, -0.05) is 31.4 Å². The lowest BCUT2D eigenvalue weighted by Crippen LogP contribution is -2.07. The molecule has 0 aliphatic heterocycles. The van der Waals surface area contributed by atoms with Gasteiger partial charge in [-0.25, -0.2) is 4.79 Å². The zero-order valence-corrected chi connectivity index (χ0v) is 8.64. The van der Waals surface area contributed by atoms with Gasteiger partial charge in [0.1, 0.15) is 5.03 Å². The van der Waals surface area contributed by atoms with Crippen molar-refractivity contribution in [1.82, 2.24) is 0 Å². The lowest BCUT2D eigenvalue weighted by atomic mass is 10.3. The predicted molar refractivity (Wildman–Crippen MR) is 53.5 cm³/mol. The Morgan fingerprint density at radius 1 is 1.54 bits per heavy atom. The fraction of sp³-hybridized carbons (Fsp3) is 0.667. The molecule has 0 unspecified atom stereocenters. The maximum atomic E-state index is 11.0. The molecule has 0 radical (unpaired) electrons. The topological polar surface area (TPSA) is 52.3 Å². The number of ether oxygens (including phenoxy) is 1. The molecule has 0 saturated carbocycles. The zero-order valence-electron chi connectivity index (χ0n) is 7.88. The summed E-state index contributed by atoms with van der Waals surface area (Å²) in [4.78, 5) is 11.0. The van der Waals surface area contributed by atoms with Crippen LogP contribution in [-0.2, 0) is 9.53 Å². The Bertz CT molecular complexity index is 180. The highest BCUT2D eigenvalue weighted by Crippen LogP contribution is 2.04. The highest BCUT2D eigenvalue weighted by atomic mass is 35.5. The van der Waals surface area contributed by atoms with E-state index in [2.05, 4.69) is 6.92 Å². The van der Waals surface area contributed by atoms with Gasteiger partial charge < -0.3 is 10.5 Å². The SMILES string of the molecule is CCCCCOC(=O)C(Cl)=CCN. The van der Waals surface area contributed by atoms with Crippen molar-refractivity contribution in [2.24, 2.45) is 5.73 Å². The lowest BCUT2D eigenvalue weighted by molar-refractivity contribution is -0.138. The van der Waals surface area contributed by atoms with Crippen LogP contribution in [0, 0.1) is 0 Å². The van der Waals surface area contributed by atoms with E-state index in [1.54, 1.807) is 0 Å². The van der Waals surface area contributed by atoms with Crippen LogP contribution in [0.25, 0.3) is 0 Å². The van der Waals surface area contributed by atoms with E-state index in [0.717, 1.165) is 19.3 Å². The maximum Gasteiger partial charge on any atom is 0.349 e. The molecular weight excluding hydrogens is 190 g/mol. The van der Waals surface area contributed by atoms with Crippen molar-refractivity contribution in [3.63, 3.8) is 0 Å². The highest BCUT2D eigenvalue weighted by molar-refractivity contribution is 6.41. The van der Waals surface area contributed by atoms with Gasteiger partial charge in [-0.2, -0.15) is 0 Å². The van der Waals surface area contributed by atoms with Crippen LogP contribution in [-0.4, -0.2) is 19.1 Å². The molecular formula is C9H16ClNO2. The summed E-state index contributed by atoms with van der Waals surface area (Å²) >= 11 is 5.55. The molecule has 0 rings (SSSR count). The number of carbonyl (C=O) groups is 1. The molecule has 0 atom stereocenters. The van der Waals surface area contributed by atoms with Gasteiger partial charge in [-0.15, -0.1) is 0 Å². The Labute approximate surface area is 83.9 Å². The van der Waals surface area contributed by atoms with Crippen LogP contribution in [0.1, 0.15) is 26.2 Å². The van der Waals surface area contributed by atoms with E-state index in [9.17, 15) is 4.79 Å². The first kappa shape index (κ1) is 12.5. The van der Waals surface area contributed by atoms with Gasteiger partial charge in [0.25, 0.3) is 0 Å². The third kappa shape index (κ3) is 6.61. The zero-order chi connectivity index (χ0) is 10.1. The summed E-state index contributed by atoms with van der Waals surface area (Å²) in [6.07, 6.45) is 4.48. The minimum Gasteiger partial charge on any atom is -0.461 e. The monoisotopic (exact) mass is 205 g/mol. The minimum atomic E-state index is -0.483. The number of halogens is 1. The van der Waals surface area contributed by atoms with Crippen molar-refractivity contribution in [3.8, 4) is 0 Å². The Kier molecular flexibility index (Phi) is 7.74. The number of carbonyl (C=O) groups excluding carboxylic acids is 1. The molecule has 13 heavy (non-hydrogen) atoms. The Hall–Kier alpha value is -0.540. The lowest BCUT2D eigenvalue weighted by Gasteiger charge is -2.02. The molecule has 3 nitrogen and oxygen atoms in total. The molecule has 0 aliphatic rings. The predicted octanol–water partition coefficient (Wildman–Crippen LogP) is 1.80. The van der Waals surface area contributed by atoms with E-state index in [1.807, 2.05) is 0 Å². The summed E-state index contributed by atoms with van der Waals surface area (Å²) in [6.45, 7) is 2.77. The average Bonchev–Trinajstić information content (AvgIpc) is 2.12. The third-order valence-electron chi connectivity index (χ3n) is 1.47. The smallest absolute Gasteiger partial charge is 0.349 e. The summed E-state index contributed by atoms with van der Waals surface area (Å²) in [5, 5.41) is 0.0685. The van der Waals surface area contributed by atoms with Gasteiger partial charge in [0.05, 0.1) is 6.61 Å². The summed E-state index contributed by atoms with van der Waals surface area (Å²) in [5.74, 6) is -0.483. The molecule has 0 saturated heterocycles. The Morgan fingerprint density at radius 3 is 2.77 bits per heavy atom. The van der Waals surface area contributed by atoms with Gasteiger partial charge in [0.15, 0.2) is 0 Å². The van der Waals surface area contributed by atoms with E-state index in [4.69, 9.17) is 22.1 Å². The second-order valence-electron chi connectivity index (χ2n) is 2.63. The van der Waals surface area contributed by atoms with E-state index in [0.29, 0.717) is 6.61 Å². The number of unbranched alkanes of at least 4 members (excludes halogenated alkanes) is 2. The number of nitrogens with two attached hydrogens (primary N) is 1. The molecule has 0 amide bonds. The first-order valence-corrected chi connectivity index (χ1v) is 4.83. The van der Waals surface area contributed by atoms with Crippen LogP contribution in [0.2, 0.25) is 0 Å². The second-order valence-corrected chi connectivity index (χ2v) is 3.04. The molecule has 0 aliphatic carbocycles. The highest BCUT2D eigenvalue weighted by Gasteiger charge is 2.05. The normalized spacial score (nSPS) is 11.5. The van der Waals surface area contributed by atoms with Gasteiger partial charge in [-0.05, 0) is 12.5 Å². The van der Waals surface area contributed by atoms with Crippen molar-refractivity contribution in [2.75, 3.05) is 13.2 Å². The van der Waals surface area contributed by atoms with Gasteiger partial charge >= 0.3 is 5.97 Å². The molecule has 0 bridgehead atoms. The Balaban J connectivity index is 3.56. The molecule has 76 valence electrons. The number of esters is 1. The number of hydrogen-bond donors (Lipinski definition) is 1. The third-order valence-corrected chi connectivity index (χ3v) is 1.78. The first-order chi connectivity index (χ1) is 6.22. The Morgan fingerprint density at radius 2 is 2.23 bits per heavy atom. The quantitative estimate of drug-likeness (QED) is 0.409. The molecule has 0 aromatic carbocycles. The van der Waals surface area contributed by atoms with Crippen LogP contribution < -0.4 is 5.73 Å². The van der Waals surface area contributed by atoms with Crippen LogP contribution in [0.5, 0.6) is 0 Å². The summed E-state index contributed by atoms with van der Waals surface area (Å²) < 4.78 is 4.86. The molecule has 0 heterocycles. The fourth-order valence-electron chi connectivity index (χ4n) is 0.773. The van der Waals surface area contributed by atoms with E-state index >= 15 is 0 Å². The second kappa shape index (κ2) is 8.08. The van der Waals surface area contributed by atoms with Crippen molar-refractivity contribution in [3.05, 3.63) is 11.1 Å². The fourth-order valence-corrected chi connectivity index (χ4v) is 0.916. The molecule has 0 spiro atoms. The minimum absolute atomic E-state index is 0.0685. The molecule has 0 aromatic heterocycles. The van der Waals surface area contributed by atoms with E-state index < -0.39 is 5.97 Å². The summed E-state index contributed by atoms with van der Waals surface area (Å²) in [7, 11) is 0. The van der Waals surface area contributed by atoms with Crippen LogP contribution in [0.15, 0.2) is 11.1 Å². The first-order valence-electron chi connectivity index (χ1n) is 4.45. The average molecular weight is 206 g/mol. The number of hydrogen-bond acceptors (Lipinski definition) is 3. The summed E-state index contributed by atoms with van der Waals surface area (Å²) in [6, 6.07) is 0. The number of rotatable bonds is 6. The van der Waals surface area contributed by atoms with Crippen molar-refractivity contribution in [1.29, 1.82) is 0 Å². The van der Waals surface area contributed by atoms with Crippen LogP contribution in [0.4, 0.5) is 0 Å². The van der Waals surface area contributed by atoms with Crippen molar-refractivity contribution < 1.29 is 9.53 Å². The van der Waals surface area contributed by atoms with Crippen LogP contribution >= 0.6 is 11.6 Å². The molecule has 0 aromatic rings. The molecule has 0 fully saturated rings. The van der Waals surface area contributed by atoms with E-state index in [1.165, 1.54) is 6.08 Å². The largest absolute Gasteiger partial charge is 0.461 e. The van der Waals surface area contributed by atoms with Gasteiger partial charge in [-0.3, -0.25) is 0 Å². The van der Waals surface area contributed by atoms with Crippen molar-refractivity contribution in [2.45, 2.75) is 26.2 Å². The van der Waals surface area contributed by atoms with Crippen molar-refractivity contribution >= 4 is 17.6 Å². The van der Waals surface area contributed by atoms with E-state index in [-0.39, 0.29) is 11.6 Å². The molecule has 4 heteroatoms. The van der Waals surface area contributed by atoms with Gasteiger partial charge in [0, 0.05) is 6.54 Å².